The first-order valence-electron chi connectivity index (χ1n) is 8.44. The predicted octanol–water partition coefficient (Wildman–Crippen LogP) is 1.52. The van der Waals surface area contributed by atoms with E-state index >= 15 is 0 Å². The van der Waals surface area contributed by atoms with Crippen molar-refractivity contribution >= 4 is 11.9 Å². The van der Waals surface area contributed by atoms with Crippen molar-refractivity contribution in [2.24, 2.45) is 0 Å². The molecule has 0 spiro atoms. The Bertz CT molecular complexity index is 431. The molecule has 7 nitrogen and oxygen atoms in total. The van der Waals surface area contributed by atoms with E-state index in [-0.39, 0.29) is 12.6 Å². The molecule has 0 aromatic rings. The Morgan fingerprint density at radius 1 is 1.12 bits per heavy atom. The van der Waals surface area contributed by atoms with Crippen LogP contribution in [0.25, 0.3) is 0 Å². The summed E-state index contributed by atoms with van der Waals surface area (Å²) in [6.07, 6.45) is 6.30. The average Bonchev–Trinajstić information content (AvgIpc) is 2.57. The Kier molecular flexibility index (Phi) is 13.6. The number of unbranched alkanes of at least 4 members (excludes halogenated alkanes) is 2. The first-order chi connectivity index (χ1) is 12.0. The summed E-state index contributed by atoms with van der Waals surface area (Å²) < 4.78 is 15.1. The fraction of sp³-hybridized carbons (Fsp3) is 0.667. The minimum atomic E-state index is -1.10. The minimum absolute atomic E-state index is 0.198. The second-order valence-corrected chi connectivity index (χ2v) is 5.35. The van der Waals surface area contributed by atoms with Crippen molar-refractivity contribution in [2.75, 3.05) is 20.3 Å². The number of aliphatic hydroxyl groups excluding tert-OH is 2. The zero-order chi connectivity index (χ0) is 19.1. The molecule has 2 N–H and O–H groups in total. The van der Waals surface area contributed by atoms with Gasteiger partial charge in [0, 0.05) is 20.5 Å². The van der Waals surface area contributed by atoms with Gasteiger partial charge in [-0.3, -0.25) is 9.59 Å². The highest BCUT2D eigenvalue weighted by molar-refractivity contribution is 5.69. The summed E-state index contributed by atoms with van der Waals surface area (Å²) in [4.78, 5) is 22.4. The van der Waals surface area contributed by atoms with Crippen LogP contribution in [-0.2, 0) is 23.8 Å². The lowest BCUT2D eigenvalue weighted by Crippen LogP contribution is -2.39. The highest BCUT2D eigenvalue weighted by Gasteiger charge is 2.26. The standard InChI is InChI=1S/C18H30O7/c1-4-24-17(21)12-8-6-5-7-10-15(23-3)18(22)16(11-9-13-19)25-14(2)20/h7,9-11,15-16,18-19,22H,4-6,8,12-13H2,1-3H3/b10-7+,11-9+/t15-,16-,18+/m0/s1. The molecule has 7 heteroatoms. The fourth-order valence-corrected chi connectivity index (χ4v) is 2.12. The van der Waals surface area contributed by atoms with Crippen LogP contribution in [0.5, 0.6) is 0 Å². The maximum Gasteiger partial charge on any atom is 0.305 e. The van der Waals surface area contributed by atoms with Gasteiger partial charge in [-0.2, -0.15) is 0 Å². The number of ether oxygens (including phenoxy) is 3. The number of carbonyl (C=O) groups is 2. The first-order valence-corrected chi connectivity index (χ1v) is 8.44. The smallest absolute Gasteiger partial charge is 0.305 e. The van der Waals surface area contributed by atoms with Gasteiger partial charge in [0.25, 0.3) is 0 Å². The van der Waals surface area contributed by atoms with Crippen LogP contribution in [0.15, 0.2) is 24.3 Å². The normalized spacial score (nSPS) is 15.2. The van der Waals surface area contributed by atoms with Gasteiger partial charge in [0.15, 0.2) is 0 Å². The number of hydrogen-bond donors (Lipinski definition) is 2. The number of hydrogen-bond acceptors (Lipinski definition) is 7. The summed E-state index contributed by atoms with van der Waals surface area (Å²) in [6.45, 7) is 3.18. The first kappa shape index (κ1) is 23.3. The van der Waals surface area contributed by atoms with E-state index in [2.05, 4.69) is 0 Å². The molecule has 0 unspecified atom stereocenters. The Hall–Kier alpha value is -1.70. The zero-order valence-electron chi connectivity index (χ0n) is 15.2. The van der Waals surface area contributed by atoms with E-state index in [0.29, 0.717) is 13.0 Å². The largest absolute Gasteiger partial charge is 0.466 e. The molecule has 25 heavy (non-hydrogen) atoms. The number of rotatable bonds is 13. The molecule has 0 aliphatic heterocycles. The average molecular weight is 358 g/mol. The number of aliphatic hydroxyl groups is 2. The van der Waals surface area contributed by atoms with Gasteiger partial charge in [-0.15, -0.1) is 0 Å². The molecular weight excluding hydrogens is 328 g/mol. The van der Waals surface area contributed by atoms with Crippen LogP contribution < -0.4 is 0 Å². The molecule has 0 bridgehead atoms. The van der Waals surface area contributed by atoms with E-state index in [1.165, 1.54) is 26.2 Å². The molecule has 0 aromatic heterocycles. The van der Waals surface area contributed by atoms with Crippen molar-refractivity contribution in [3.8, 4) is 0 Å². The second-order valence-electron chi connectivity index (χ2n) is 5.35. The van der Waals surface area contributed by atoms with E-state index in [1.807, 2.05) is 6.08 Å². The van der Waals surface area contributed by atoms with Gasteiger partial charge >= 0.3 is 11.9 Å². The van der Waals surface area contributed by atoms with E-state index in [0.717, 1.165) is 19.3 Å². The van der Waals surface area contributed by atoms with Crippen molar-refractivity contribution < 1.29 is 34.0 Å². The number of carbonyl (C=O) groups excluding carboxylic acids is 2. The van der Waals surface area contributed by atoms with Crippen molar-refractivity contribution in [1.29, 1.82) is 0 Å². The van der Waals surface area contributed by atoms with E-state index < -0.39 is 24.3 Å². The van der Waals surface area contributed by atoms with Gasteiger partial charge in [-0.1, -0.05) is 18.2 Å². The minimum Gasteiger partial charge on any atom is -0.466 e. The summed E-state index contributed by atoms with van der Waals surface area (Å²) in [5.74, 6) is -0.735. The summed E-state index contributed by atoms with van der Waals surface area (Å²) in [6, 6.07) is 0. The lowest BCUT2D eigenvalue weighted by Gasteiger charge is -2.24. The number of allylic oxidation sites excluding steroid dienone is 1. The lowest BCUT2D eigenvalue weighted by atomic mass is 10.1. The number of methoxy groups -OCH3 is 1. The molecule has 0 aliphatic rings. The molecule has 0 aliphatic carbocycles. The van der Waals surface area contributed by atoms with Gasteiger partial charge < -0.3 is 24.4 Å². The Labute approximate surface area is 149 Å². The monoisotopic (exact) mass is 358 g/mol. The Morgan fingerprint density at radius 3 is 2.36 bits per heavy atom. The third-order valence-electron chi connectivity index (χ3n) is 3.31. The highest BCUT2D eigenvalue weighted by Crippen LogP contribution is 2.12. The van der Waals surface area contributed by atoms with E-state index in [9.17, 15) is 14.7 Å². The van der Waals surface area contributed by atoms with Crippen LogP contribution in [0, 0.1) is 0 Å². The summed E-state index contributed by atoms with van der Waals surface area (Å²) >= 11 is 0. The summed E-state index contributed by atoms with van der Waals surface area (Å²) in [7, 11) is 1.44. The third kappa shape index (κ3) is 11.5. The topological polar surface area (TPSA) is 102 Å². The molecule has 0 saturated carbocycles. The fourth-order valence-electron chi connectivity index (χ4n) is 2.12. The third-order valence-corrected chi connectivity index (χ3v) is 3.31. The van der Waals surface area contributed by atoms with Crippen LogP contribution in [0.4, 0.5) is 0 Å². The van der Waals surface area contributed by atoms with Gasteiger partial charge in [0.2, 0.25) is 0 Å². The van der Waals surface area contributed by atoms with Crippen LogP contribution in [0.2, 0.25) is 0 Å². The molecule has 0 fully saturated rings. The van der Waals surface area contributed by atoms with Gasteiger partial charge in [-0.25, -0.2) is 0 Å². The molecule has 0 amide bonds. The van der Waals surface area contributed by atoms with E-state index in [4.69, 9.17) is 19.3 Å². The predicted molar refractivity (Wildman–Crippen MR) is 92.8 cm³/mol. The summed E-state index contributed by atoms with van der Waals surface area (Å²) in [5.41, 5.74) is 0. The van der Waals surface area contributed by atoms with E-state index in [1.54, 1.807) is 13.0 Å². The second kappa shape index (κ2) is 14.6. The molecular formula is C18H30O7. The lowest BCUT2D eigenvalue weighted by molar-refractivity contribution is -0.152. The molecule has 0 heterocycles. The molecule has 0 aromatic carbocycles. The maximum atomic E-state index is 11.2. The molecule has 0 rings (SSSR count). The van der Waals surface area contributed by atoms with Crippen molar-refractivity contribution in [2.45, 2.75) is 57.8 Å². The van der Waals surface area contributed by atoms with Gasteiger partial charge in [-0.05, 0) is 32.3 Å². The molecule has 0 radical (unpaired) electrons. The maximum absolute atomic E-state index is 11.2. The van der Waals surface area contributed by atoms with Crippen LogP contribution >= 0.6 is 0 Å². The van der Waals surface area contributed by atoms with Crippen LogP contribution in [-0.4, -0.2) is 60.8 Å². The van der Waals surface area contributed by atoms with Crippen molar-refractivity contribution in [3.63, 3.8) is 0 Å². The zero-order valence-corrected chi connectivity index (χ0v) is 15.2. The Balaban J connectivity index is 4.44. The van der Waals surface area contributed by atoms with Gasteiger partial charge in [0.1, 0.15) is 18.3 Å². The molecule has 0 saturated heterocycles. The van der Waals surface area contributed by atoms with Gasteiger partial charge in [0.05, 0.1) is 13.2 Å². The molecule has 144 valence electrons. The van der Waals surface area contributed by atoms with Crippen molar-refractivity contribution in [3.05, 3.63) is 24.3 Å². The quantitative estimate of drug-likeness (QED) is 0.292. The molecule has 3 atom stereocenters. The Morgan fingerprint density at radius 2 is 1.80 bits per heavy atom. The van der Waals surface area contributed by atoms with Crippen LogP contribution in [0.1, 0.15) is 39.5 Å². The SMILES string of the molecule is CCOC(=O)CCCC/C=C/[C@H](OC)[C@@H](O)[C@H](/C=C/CO)OC(C)=O. The highest BCUT2D eigenvalue weighted by atomic mass is 16.6. The van der Waals surface area contributed by atoms with Crippen molar-refractivity contribution in [1.82, 2.24) is 0 Å². The number of esters is 2. The van der Waals surface area contributed by atoms with Crippen LogP contribution in [0.3, 0.4) is 0 Å². The summed E-state index contributed by atoms with van der Waals surface area (Å²) in [5, 5.41) is 19.2.